The zero-order valence-corrected chi connectivity index (χ0v) is 28.0. The minimum Gasteiger partial charge on any atom is -0.355 e. The lowest BCUT2D eigenvalue weighted by Crippen LogP contribution is -2.44. The standard InChI is InChI=1S/C50H33N/c1-2-15-33(16-3-1)34-29-31-35(32-30-34)51-47-28-14-20-39-38-19-6-9-23-42(38)50(48(39)47)45-26-12-10-24-43(45)49(44-25-11-13-27-46(44)50)40-21-7-4-17-36(40)37-18-5-8-22-41(37)49/h1-32,51H. The van der Waals surface area contributed by atoms with Crippen LogP contribution in [0.3, 0.4) is 0 Å². The van der Waals surface area contributed by atoms with Crippen LogP contribution >= 0.6 is 0 Å². The third-order valence-electron chi connectivity index (χ3n) is 11.8. The van der Waals surface area contributed by atoms with E-state index in [-0.39, 0.29) is 0 Å². The summed E-state index contributed by atoms with van der Waals surface area (Å²) in [5.41, 5.74) is 19.6. The molecule has 3 aliphatic rings. The van der Waals surface area contributed by atoms with Gasteiger partial charge < -0.3 is 5.32 Å². The molecule has 238 valence electrons. The van der Waals surface area contributed by atoms with Crippen LogP contribution in [-0.4, -0.2) is 0 Å². The third-order valence-corrected chi connectivity index (χ3v) is 11.8. The van der Waals surface area contributed by atoms with E-state index >= 15 is 0 Å². The molecule has 0 amide bonds. The van der Waals surface area contributed by atoms with Crippen LogP contribution in [0, 0.1) is 0 Å². The second-order valence-electron chi connectivity index (χ2n) is 14.0. The van der Waals surface area contributed by atoms with Crippen LogP contribution in [0.25, 0.3) is 33.4 Å². The molecule has 8 aromatic rings. The Morgan fingerprint density at radius 3 is 1.22 bits per heavy atom. The van der Waals surface area contributed by atoms with Gasteiger partial charge in [-0.05, 0) is 90.5 Å². The molecule has 1 heteroatoms. The molecule has 0 fully saturated rings. The third kappa shape index (κ3) is 3.60. The van der Waals surface area contributed by atoms with E-state index < -0.39 is 10.8 Å². The maximum atomic E-state index is 3.94. The maximum Gasteiger partial charge on any atom is 0.0740 e. The Balaban J connectivity index is 1.21. The molecule has 0 saturated carbocycles. The van der Waals surface area contributed by atoms with Gasteiger partial charge in [-0.25, -0.2) is 0 Å². The van der Waals surface area contributed by atoms with Crippen LogP contribution in [0.4, 0.5) is 11.4 Å². The highest BCUT2D eigenvalue weighted by molar-refractivity contribution is 5.96. The van der Waals surface area contributed by atoms with Gasteiger partial charge >= 0.3 is 0 Å². The number of fused-ring (bicyclic) bond motifs is 16. The molecule has 0 heterocycles. The Morgan fingerprint density at radius 2 is 0.667 bits per heavy atom. The molecule has 0 bridgehead atoms. The number of benzene rings is 8. The lowest BCUT2D eigenvalue weighted by Gasteiger charge is -2.49. The zero-order valence-electron chi connectivity index (χ0n) is 28.0. The monoisotopic (exact) mass is 647 g/mol. The Morgan fingerprint density at radius 1 is 0.275 bits per heavy atom. The molecule has 1 N–H and O–H groups in total. The topological polar surface area (TPSA) is 12.0 Å². The second kappa shape index (κ2) is 10.5. The summed E-state index contributed by atoms with van der Waals surface area (Å²) in [7, 11) is 0. The summed E-state index contributed by atoms with van der Waals surface area (Å²) in [5.74, 6) is 0. The Bertz CT molecular complexity index is 2570. The Kier molecular flexibility index (Phi) is 5.86. The van der Waals surface area contributed by atoms with Crippen molar-refractivity contribution in [3.8, 4) is 33.4 Å². The van der Waals surface area contributed by atoms with E-state index in [9.17, 15) is 0 Å². The smallest absolute Gasteiger partial charge is 0.0740 e. The maximum absolute atomic E-state index is 3.94. The molecular formula is C50H33N. The summed E-state index contributed by atoms with van der Waals surface area (Å²) >= 11 is 0. The van der Waals surface area contributed by atoms with E-state index in [0.717, 1.165) is 11.4 Å². The van der Waals surface area contributed by atoms with Crippen LogP contribution < -0.4 is 5.32 Å². The van der Waals surface area contributed by atoms with Gasteiger partial charge in [-0.3, -0.25) is 0 Å². The van der Waals surface area contributed by atoms with Gasteiger partial charge in [-0.1, -0.05) is 176 Å². The van der Waals surface area contributed by atoms with Crippen molar-refractivity contribution in [1.82, 2.24) is 0 Å². The average Bonchev–Trinajstić information content (AvgIpc) is 3.67. The van der Waals surface area contributed by atoms with Crippen LogP contribution in [0.1, 0.15) is 44.5 Å². The lowest BCUT2D eigenvalue weighted by molar-refractivity contribution is 0.634. The summed E-state index contributed by atoms with van der Waals surface area (Å²) in [4.78, 5) is 0. The normalized spacial score (nSPS) is 14.6. The van der Waals surface area contributed by atoms with E-state index in [1.807, 2.05) is 0 Å². The van der Waals surface area contributed by atoms with Crippen LogP contribution in [0.2, 0.25) is 0 Å². The van der Waals surface area contributed by atoms with Gasteiger partial charge in [0.2, 0.25) is 0 Å². The van der Waals surface area contributed by atoms with Gasteiger partial charge in [0, 0.05) is 16.9 Å². The summed E-state index contributed by atoms with van der Waals surface area (Å²) in [6.07, 6.45) is 0. The van der Waals surface area contributed by atoms with E-state index in [1.54, 1.807) is 0 Å². The molecule has 51 heavy (non-hydrogen) atoms. The molecule has 11 rings (SSSR count). The second-order valence-corrected chi connectivity index (χ2v) is 14.0. The predicted molar refractivity (Wildman–Crippen MR) is 210 cm³/mol. The molecule has 0 saturated heterocycles. The summed E-state index contributed by atoms with van der Waals surface area (Å²) in [6, 6.07) is 72.1. The molecule has 1 nitrogen and oxygen atoms in total. The summed E-state index contributed by atoms with van der Waals surface area (Å²) in [5, 5.41) is 3.94. The van der Waals surface area contributed by atoms with E-state index in [1.165, 1.54) is 77.9 Å². The largest absolute Gasteiger partial charge is 0.355 e. The molecule has 2 spiro atoms. The van der Waals surface area contributed by atoms with Crippen LogP contribution in [0.5, 0.6) is 0 Å². The quantitative estimate of drug-likeness (QED) is 0.201. The van der Waals surface area contributed by atoms with Crippen LogP contribution in [0.15, 0.2) is 194 Å². The van der Waals surface area contributed by atoms with Crippen molar-refractivity contribution in [3.63, 3.8) is 0 Å². The van der Waals surface area contributed by atoms with Gasteiger partial charge in [0.15, 0.2) is 0 Å². The van der Waals surface area contributed by atoms with E-state index in [4.69, 9.17) is 0 Å². The van der Waals surface area contributed by atoms with Crippen molar-refractivity contribution in [2.75, 3.05) is 5.32 Å². The fourth-order valence-corrected chi connectivity index (χ4v) is 9.94. The highest BCUT2D eigenvalue weighted by atomic mass is 14.9. The van der Waals surface area contributed by atoms with Crippen molar-refractivity contribution in [2.45, 2.75) is 10.8 Å². The molecule has 0 atom stereocenters. The highest BCUT2D eigenvalue weighted by Gasteiger charge is 2.59. The van der Waals surface area contributed by atoms with Crippen molar-refractivity contribution >= 4 is 11.4 Å². The van der Waals surface area contributed by atoms with Crippen LogP contribution in [-0.2, 0) is 10.8 Å². The SMILES string of the molecule is c1ccc(-c2ccc(Nc3cccc4c3C3(c5ccccc5-4)c4ccccc4C4(c5ccccc5-c5ccccc54)c4ccccc43)cc2)cc1. The minimum absolute atomic E-state index is 0.445. The summed E-state index contributed by atoms with van der Waals surface area (Å²) in [6.45, 7) is 0. The first-order valence-corrected chi connectivity index (χ1v) is 17.9. The zero-order chi connectivity index (χ0) is 33.6. The molecule has 3 aliphatic carbocycles. The number of hydrogen-bond acceptors (Lipinski definition) is 1. The van der Waals surface area contributed by atoms with Gasteiger partial charge in [0.05, 0.1) is 10.8 Å². The Hall–Kier alpha value is -6.44. The number of hydrogen-bond donors (Lipinski definition) is 1. The predicted octanol–water partition coefficient (Wildman–Crippen LogP) is 12.1. The molecule has 0 aliphatic heterocycles. The van der Waals surface area contributed by atoms with E-state index in [2.05, 4.69) is 199 Å². The van der Waals surface area contributed by atoms with Crippen molar-refractivity contribution in [3.05, 3.63) is 239 Å². The Labute approximate surface area is 298 Å². The fourth-order valence-electron chi connectivity index (χ4n) is 9.94. The van der Waals surface area contributed by atoms with Crippen molar-refractivity contribution in [1.29, 1.82) is 0 Å². The fraction of sp³-hybridized carbons (Fsp3) is 0.0400. The molecule has 0 radical (unpaired) electrons. The molecular weight excluding hydrogens is 615 g/mol. The highest BCUT2D eigenvalue weighted by Crippen LogP contribution is 2.68. The number of nitrogens with one attached hydrogen (secondary N) is 1. The van der Waals surface area contributed by atoms with Gasteiger partial charge in [-0.15, -0.1) is 0 Å². The number of anilines is 2. The number of rotatable bonds is 3. The molecule has 8 aromatic carbocycles. The van der Waals surface area contributed by atoms with E-state index in [0.29, 0.717) is 0 Å². The average molecular weight is 648 g/mol. The molecule has 0 unspecified atom stereocenters. The molecule has 0 aromatic heterocycles. The minimum atomic E-state index is -0.537. The first kappa shape index (κ1) is 28.4. The summed E-state index contributed by atoms with van der Waals surface area (Å²) < 4.78 is 0. The van der Waals surface area contributed by atoms with Crippen molar-refractivity contribution in [2.24, 2.45) is 0 Å². The van der Waals surface area contributed by atoms with Gasteiger partial charge in [0.1, 0.15) is 0 Å². The lowest BCUT2D eigenvalue weighted by atomic mass is 9.52. The van der Waals surface area contributed by atoms with Crippen molar-refractivity contribution < 1.29 is 0 Å². The first-order valence-electron chi connectivity index (χ1n) is 17.9. The first-order chi connectivity index (χ1) is 25.3. The van der Waals surface area contributed by atoms with Gasteiger partial charge in [-0.2, -0.15) is 0 Å². The van der Waals surface area contributed by atoms with Gasteiger partial charge in [0.25, 0.3) is 0 Å².